The van der Waals surface area contributed by atoms with Crippen LogP contribution >= 0.6 is 0 Å². The molecular weight excluding hydrogens is 321 g/mol. The number of alkyl halides is 3. The van der Waals surface area contributed by atoms with Crippen molar-refractivity contribution in [3.8, 4) is 0 Å². The summed E-state index contributed by atoms with van der Waals surface area (Å²) in [6.45, 7) is 1.76. The first-order valence-electron chi connectivity index (χ1n) is 6.60. The van der Waals surface area contributed by atoms with Gasteiger partial charge in [0, 0.05) is 31.7 Å². The first-order chi connectivity index (χ1) is 10.3. The molecule has 1 aromatic rings. The van der Waals surface area contributed by atoms with E-state index < -0.39 is 21.9 Å². The molecule has 1 N–H and O–H groups in total. The van der Waals surface area contributed by atoms with Gasteiger partial charge in [-0.15, -0.1) is 10.2 Å². The van der Waals surface area contributed by atoms with Crippen molar-refractivity contribution in [2.45, 2.75) is 16.7 Å². The second-order valence-corrected chi connectivity index (χ2v) is 6.99. The van der Waals surface area contributed by atoms with Gasteiger partial charge in [0.05, 0.1) is 4.90 Å². The average Bonchev–Trinajstić information content (AvgIpc) is 3.30. The lowest BCUT2D eigenvalue weighted by Gasteiger charge is -2.26. The van der Waals surface area contributed by atoms with Gasteiger partial charge in [0.15, 0.2) is 0 Å². The predicted molar refractivity (Wildman–Crippen MR) is 70.7 cm³/mol. The van der Waals surface area contributed by atoms with Crippen molar-refractivity contribution in [3.05, 3.63) is 29.8 Å². The van der Waals surface area contributed by atoms with Gasteiger partial charge in [-0.3, -0.25) is 0 Å². The van der Waals surface area contributed by atoms with Crippen molar-refractivity contribution in [1.82, 2.24) is 9.62 Å². The minimum absolute atomic E-state index is 0.0314. The fourth-order valence-corrected chi connectivity index (χ4v) is 3.78. The minimum atomic E-state index is -4.62. The summed E-state index contributed by atoms with van der Waals surface area (Å²) >= 11 is 0. The largest absolute Gasteiger partial charge is 0.442 e. The molecule has 0 amide bonds. The van der Waals surface area contributed by atoms with Crippen molar-refractivity contribution < 1.29 is 21.6 Å². The van der Waals surface area contributed by atoms with E-state index in [1.54, 1.807) is 0 Å². The third kappa shape index (κ3) is 2.40. The van der Waals surface area contributed by atoms with Crippen LogP contribution in [0.2, 0.25) is 0 Å². The van der Waals surface area contributed by atoms with Crippen molar-refractivity contribution in [2.75, 3.05) is 26.2 Å². The lowest BCUT2D eigenvalue weighted by atomic mass is 10.0. The Bertz CT molecular complexity index is 688. The van der Waals surface area contributed by atoms with Gasteiger partial charge in [-0.2, -0.15) is 17.5 Å². The number of sulfonamides is 1. The number of rotatable bonds is 3. The van der Waals surface area contributed by atoms with Gasteiger partial charge in [0.2, 0.25) is 10.0 Å². The summed E-state index contributed by atoms with van der Waals surface area (Å²) in [4.78, 5) is -0.0314. The Kier molecular flexibility index (Phi) is 3.49. The van der Waals surface area contributed by atoms with Gasteiger partial charge in [-0.1, -0.05) is 12.1 Å². The van der Waals surface area contributed by atoms with Gasteiger partial charge in [0.1, 0.15) is 0 Å². The predicted octanol–water partition coefficient (Wildman–Crippen LogP) is 1.46. The molecule has 10 heteroatoms. The molecule has 120 valence electrons. The third-order valence-electron chi connectivity index (χ3n) is 3.67. The second kappa shape index (κ2) is 5.00. The third-order valence-corrected chi connectivity index (χ3v) is 5.58. The molecule has 1 aromatic carbocycles. The van der Waals surface area contributed by atoms with Crippen LogP contribution in [0, 0.1) is 0 Å². The van der Waals surface area contributed by atoms with Gasteiger partial charge in [0.25, 0.3) is 0 Å². The van der Waals surface area contributed by atoms with Crippen LogP contribution in [0.5, 0.6) is 0 Å². The fourth-order valence-electron chi connectivity index (χ4n) is 2.34. The van der Waals surface area contributed by atoms with Gasteiger partial charge in [-0.05, 0) is 12.1 Å². The molecule has 6 nitrogen and oxygen atoms in total. The molecule has 0 bridgehead atoms. The molecule has 0 radical (unpaired) electrons. The minimum Gasteiger partial charge on any atom is -0.314 e. The molecule has 0 aromatic heterocycles. The van der Waals surface area contributed by atoms with E-state index in [2.05, 4.69) is 15.5 Å². The maximum absolute atomic E-state index is 12.9. The van der Waals surface area contributed by atoms with E-state index in [9.17, 15) is 21.6 Å². The van der Waals surface area contributed by atoms with E-state index in [-0.39, 0.29) is 10.5 Å². The summed E-state index contributed by atoms with van der Waals surface area (Å²) in [7, 11) is -3.69. The van der Waals surface area contributed by atoms with Crippen LogP contribution in [0.25, 0.3) is 0 Å². The van der Waals surface area contributed by atoms with E-state index in [1.165, 1.54) is 16.4 Å². The molecule has 2 aliphatic rings. The number of benzene rings is 1. The molecule has 3 rings (SSSR count). The molecule has 1 saturated heterocycles. The molecule has 0 unspecified atom stereocenters. The number of hydrogen-bond donors (Lipinski definition) is 1. The summed E-state index contributed by atoms with van der Waals surface area (Å²) < 4.78 is 64.7. The highest BCUT2D eigenvalue weighted by molar-refractivity contribution is 7.89. The quantitative estimate of drug-likeness (QED) is 0.909. The summed E-state index contributed by atoms with van der Waals surface area (Å²) in [6, 6.07) is 4.57. The Morgan fingerprint density at radius 2 is 1.64 bits per heavy atom. The van der Waals surface area contributed by atoms with Crippen LogP contribution in [-0.4, -0.2) is 45.1 Å². The van der Waals surface area contributed by atoms with Crippen LogP contribution in [0.4, 0.5) is 13.2 Å². The first kappa shape index (κ1) is 15.4. The summed E-state index contributed by atoms with van der Waals surface area (Å²) in [6.07, 6.45) is -4.62. The fraction of sp³-hybridized carbons (Fsp3) is 0.500. The van der Waals surface area contributed by atoms with Gasteiger partial charge < -0.3 is 5.32 Å². The molecule has 1 fully saturated rings. The van der Waals surface area contributed by atoms with Crippen molar-refractivity contribution in [1.29, 1.82) is 0 Å². The molecular formula is C12H13F3N4O2S. The Labute approximate surface area is 125 Å². The van der Waals surface area contributed by atoms with E-state index >= 15 is 0 Å². The average molecular weight is 334 g/mol. The zero-order chi connectivity index (χ0) is 16.0. The molecule has 0 spiro atoms. The topological polar surface area (TPSA) is 74.1 Å². The number of halogens is 3. The molecule has 0 saturated carbocycles. The molecule has 0 atom stereocenters. The van der Waals surface area contributed by atoms with Crippen LogP contribution in [0.3, 0.4) is 0 Å². The SMILES string of the molecule is O=S(=O)(c1ccc(C2(C(F)(F)F)N=N2)cc1)N1CCNCC1. The summed E-state index contributed by atoms with van der Waals surface area (Å²) in [5.74, 6) is 0. The molecule has 0 aliphatic carbocycles. The van der Waals surface area contributed by atoms with Gasteiger partial charge >= 0.3 is 11.8 Å². The number of nitrogens with one attached hydrogen (secondary N) is 1. The molecule has 22 heavy (non-hydrogen) atoms. The monoisotopic (exact) mass is 334 g/mol. The van der Waals surface area contributed by atoms with Crippen LogP contribution in [-0.2, 0) is 15.7 Å². The smallest absolute Gasteiger partial charge is 0.314 e. The first-order valence-corrected chi connectivity index (χ1v) is 8.04. The highest BCUT2D eigenvalue weighted by atomic mass is 32.2. The van der Waals surface area contributed by atoms with E-state index in [0.717, 1.165) is 12.1 Å². The highest BCUT2D eigenvalue weighted by Crippen LogP contribution is 2.52. The second-order valence-electron chi connectivity index (χ2n) is 5.05. The van der Waals surface area contributed by atoms with Crippen molar-refractivity contribution in [3.63, 3.8) is 0 Å². The Balaban J connectivity index is 1.86. The maximum atomic E-state index is 12.9. The molecule has 2 heterocycles. The Morgan fingerprint density at radius 1 is 1.09 bits per heavy atom. The zero-order valence-corrected chi connectivity index (χ0v) is 12.2. The number of piperazine rings is 1. The lowest BCUT2D eigenvalue weighted by Crippen LogP contribution is -2.46. The summed E-state index contributed by atoms with van der Waals surface area (Å²) in [5, 5.41) is 9.21. The van der Waals surface area contributed by atoms with E-state index in [0.29, 0.717) is 26.2 Å². The number of nitrogens with zero attached hydrogens (tertiary/aromatic N) is 3. The van der Waals surface area contributed by atoms with E-state index in [4.69, 9.17) is 0 Å². The summed E-state index contributed by atoms with van der Waals surface area (Å²) in [5.41, 5.74) is -2.70. The standard InChI is InChI=1S/C12H13F3N4O2S/c13-12(14,15)11(17-18-11)9-1-3-10(4-2-9)22(20,21)19-7-5-16-6-8-19/h1-4,16H,5-8H2. The lowest BCUT2D eigenvalue weighted by molar-refractivity contribution is -0.166. The number of hydrogen-bond acceptors (Lipinski definition) is 5. The van der Waals surface area contributed by atoms with Crippen molar-refractivity contribution >= 4 is 10.0 Å². The normalized spacial score (nSPS) is 21.8. The van der Waals surface area contributed by atoms with Crippen molar-refractivity contribution in [2.24, 2.45) is 10.2 Å². The van der Waals surface area contributed by atoms with Gasteiger partial charge in [-0.25, -0.2) is 8.42 Å². The highest BCUT2D eigenvalue weighted by Gasteiger charge is 2.65. The zero-order valence-electron chi connectivity index (χ0n) is 11.3. The molecule has 2 aliphatic heterocycles. The van der Waals surface area contributed by atoms with Crippen LogP contribution in [0.15, 0.2) is 39.4 Å². The van der Waals surface area contributed by atoms with E-state index in [1.807, 2.05) is 0 Å². The van der Waals surface area contributed by atoms with Crippen LogP contribution < -0.4 is 5.32 Å². The van der Waals surface area contributed by atoms with Crippen LogP contribution in [0.1, 0.15) is 5.56 Å². The maximum Gasteiger partial charge on any atom is 0.442 e. The Hall–Kier alpha value is -1.52. The Morgan fingerprint density at radius 3 is 2.09 bits per heavy atom.